The first-order chi connectivity index (χ1) is 3.93. The van der Waals surface area contributed by atoms with Crippen LogP contribution in [0.4, 0.5) is 0 Å². The van der Waals surface area contributed by atoms with E-state index in [4.69, 9.17) is 4.74 Å². The van der Waals surface area contributed by atoms with E-state index in [-0.39, 0.29) is 0 Å². The maximum absolute atomic E-state index is 4.88. The Morgan fingerprint density at radius 3 is 3.12 bits per heavy atom. The van der Waals surface area contributed by atoms with Crippen LogP contribution in [0.25, 0.3) is 0 Å². The first-order valence-corrected chi connectivity index (χ1v) is 2.41. The molecule has 3 heteroatoms. The van der Waals surface area contributed by atoms with Gasteiger partial charge >= 0.3 is 0 Å². The molecule has 1 N–H and O–H groups in total. The van der Waals surface area contributed by atoms with Crippen molar-refractivity contribution >= 4 is 6.34 Å². The summed E-state index contributed by atoms with van der Waals surface area (Å²) in [4.78, 5) is 3.90. The highest BCUT2D eigenvalue weighted by Crippen LogP contribution is 1.94. The predicted octanol–water partition coefficient (Wildman–Crippen LogP) is 0.106. The van der Waals surface area contributed by atoms with Crippen molar-refractivity contribution in [3.63, 3.8) is 0 Å². The number of aliphatic imine (C=N–C) groups is 1. The van der Waals surface area contributed by atoms with Gasteiger partial charge in [0.05, 0.1) is 20.0 Å². The topological polar surface area (TPSA) is 33.6 Å². The molecule has 1 aliphatic heterocycles. The van der Waals surface area contributed by atoms with Crippen LogP contribution in [0.3, 0.4) is 0 Å². The van der Waals surface area contributed by atoms with E-state index in [1.54, 1.807) is 19.6 Å². The van der Waals surface area contributed by atoms with Gasteiger partial charge in [-0.3, -0.25) is 4.99 Å². The Hall–Kier alpha value is -0.990. The minimum atomic E-state index is 0.656. The van der Waals surface area contributed by atoms with Crippen molar-refractivity contribution < 1.29 is 4.74 Å². The highest BCUT2D eigenvalue weighted by molar-refractivity contribution is 5.57. The largest absolute Gasteiger partial charge is 0.498 e. The summed E-state index contributed by atoms with van der Waals surface area (Å²) in [6.07, 6.45) is 3.43. The van der Waals surface area contributed by atoms with Crippen molar-refractivity contribution in [2.45, 2.75) is 0 Å². The van der Waals surface area contributed by atoms with Gasteiger partial charge in [0.25, 0.3) is 0 Å². The predicted molar refractivity (Wildman–Crippen MR) is 31.6 cm³/mol. The van der Waals surface area contributed by atoms with E-state index < -0.39 is 0 Å². The van der Waals surface area contributed by atoms with E-state index in [0.717, 1.165) is 5.76 Å². The van der Waals surface area contributed by atoms with Gasteiger partial charge < -0.3 is 10.1 Å². The molecule has 8 heavy (non-hydrogen) atoms. The molecule has 0 amide bonds. The summed E-state index contributed by atoms with van der Waals surface area (Å²) in [5.41, 5.74) is 0. The lowest BCUT2D eigenvalue weighted by molar-refractivity contribution is 0.284. The van der Waals surface area contributed by atoms with Crippen LogP contribution in [0, 0.1) is 0 Å². The summed E-state index contributed by atoms with van der Waals surface area (Å²) < 4.78 is 4.88. The summed E-state index contributed by atoms with van der Waals surface area (Å²) in [5, 5.41) is 2.81. The Morgan fingerprint density at radius 1 is 1.88 bits per heavy atom. The van der Waals surface area contributed by atoms with Crippen molar-refractivity contribution in [2.24, 2.45) is 4.99 Å². The fourth-order valence-corrected chi connectivity index (χ4v) is 0.488. The Kier molecular flexibility index (Phi) is 1.51. The third-order valence-corrected chi connectivity index (χ3v) is 0.919. The van der Waals surface area contributed by atoms with Crippen LogP contribution in [0.2, 0.25) is 0 Å². The second-order valence-corrected chi connectivity index (χ2v) is 1.45. The van der Waals surface area contributed by atoms with E-state index in [2.05, 4.69) is 10.3 Å². The fourth-order valence-electron chi connectivity index (χ4n) is 0.488. The number of nitrogens with one attached hydrogen (secondary N) is 1. The fraction of sp³-hybridized carbons (Fsp3) is 0.400. The van der Waals surface area contributed by atoms with Crippen LogP contribution < -0.4 is 5.32 Å². The van der Waals surface area contributed by atoms with E-state index >= 15 is 0 Å². The highest BCUT2D eigenvalue weighted by atomic mass is 16.5. The molecule has 0 radical (unpaired) electrons. The van der Waals surface area contributed by atoms with Gasteiger partial charge in [0.15, 0.2) is 0 Å². The van der Waals surface area contributed by atoms with Crippen molar-refractivity contribution in [1.82, 2.24) is 5.32 Å². The Balaban J connectivity index is 2.43. The molecule has 1 aliphatic rings. The van der Waals surface area contributed by atoms with Gasteiger partial charge in [-0.15, -0.1) is 0 Å². The molecule has 1 rings (SSSR count). The first kappa shape index (κ1) is 5.15. The molecule has 1 heterocycles. The minimum absolute atomic E-state index is 0.656. The number of ether oxygens (including phenoxy) is 1. The lowest BCUT2D eigenvalue weighted by atomic mass is 10.5. The molecule has 0 aliphatic carbocycles. The zero-order chi connectivity index (χ0) is 5.82. The molecule has 0 aromatic rings. The number of rotatable bonds is 1. The van der Waals surface area contributed by atoms with Crippen LogP contribution in [-0.4, -0.2) is 20.0 Å². The molecule has 0 atom stereocenters. The number of hydrogen-bond donors (Lipinski definition) is 1. The van der Waals surface area contributed by atoms with E-state index in [1.165, 1.54) is 0 Å². The average Bonchev–Trinajstić information content (AvgIpc) is 1.90. The second kappa shape index (κ2) is 2.35. The minimum Gasteiger partial charge on any atom is -0.498 e. The van der Waals surface area contributed by atoms with E-state index in [9.17, 15) is 0 Å². The lowest BCUT2D eigenvalue weighted by Crippen LogP contribution is -2.10. The summed E-state index contributed by atoms with van der Waals surface area (Å²) in [7, 11) is 1.63. The summed E-state index contributed by atoms with van der Waals surface area (Å²) in [6.45, 7) is 0.656. The van der Waals surface area contributed by atoms with Crippen LogP contribution in [-0.2, 0) is 4.74 Å². The summed E-state index contributed by atoms with van der Waals surface area (Å²) in [6, 6.07) is 0. The monoisotopic (exact) mass is 112 g/mol. The van der Waals surface area contributed by atoms with Gasteiger partial charge in [-0.25, -0.2) is 0 Å². The lowest BCUT2D eigenvalue weighted by Gasteiger charge is -2.05. The zero-order valence-electron chi connectivity index (χ0n) is 4.72. The molecule has 0 unspecified atom stereocenters. The van der Waals surface area contributed by atoms with Gasteiger partial charge in [-0.2, -0.15) is 0 Å². The number of hydrogen-bond acceptors (Lipinski definition) is 3. The first-order valence-electron chi connectivity index (χ1n) is 2.41. The van der Waals surface area contributed by atoms with Crippen LogP contribution in [0.15, 0.2) is 17.0 Å². The van der Waals surface area contributed by atoms with Gasteiger partial charge in [0, 0.05) is 6.20 Å². The molecular formula is C5H8N2O. The van der Waals surface area contributed by atoms with Crippen LogP contribution in [0.5, 0.6) is 0 Å². The van der Waals surface area contributed by atoms with Crippen LogP contribution >= 0.6 is 0 Å². The van der Waals surface area contributed by atoms with Crippen molar-refractivity contribution in [3.05, 3.63) is 12.0 Å². The van der Waals surface area contributed by atoms with E-state index in [1.807, 2.05) is 0 Å². The zero-order valence-corrected chi connectivity index (χ0v) is 4.72. The third kappa shape index (κ3) is 0.992. The highest BCUT2D eigenvalue weighted by Gasteiger charge is 1.94. The van der Waals surface area contributed by atoms with Crippen molar-refractivity contribution in [2.75, 3.05) is 13.7 Å². The Labute approximate surface area is 48.1 Å². The Morgan fingerprint density at radius 2 is 2.75 bits per heavy atom. The number of nitrogens with zero attached hydrogens (tertiary/aromatic N) is 1. The van der Waals surface area contributed by atoms with Gasteiger partial charge in [0.2, 0.25) is 0 Å². The molecule has 0 fully saturated rings. The molecule has 44 valence electrons. The number of methoxy groups -OCH3 is 1. The quantitative estimate of drug-likeness (QED) is 0.522. The molecular weight excluding hydrogens is 104 g/mol. The molecule has 0 saturated carbocycles. The summed E-state index contributed by atoms with van der Waals surface area (Å²) >= 11 is 0. The molecule has 0 aromatic carbocycles. The molecule has 0 saturated heterocycles. The third-order valence-electron chi connectivity index (χ3n) is 0.919. The molecule has 0 aromatic heterocycles. The SMILES string of the molecule is COC1=CNC=NC1. The standard InChI is InChI=1S/C5H8N2O/c1-8-5-2-6-4-7-3-5/h2,4H,3H2,1H3,(H,6,7). The summed E-state index contributed by atoms with van der Waals surface area (Å²) in [5.74, 6) is 0.868. The normalized spacial score (nSPS) is 16.9. The van der Waals surface area contributed by atoms with Gasteiger partial charge in [0.1, 0.15) is 5.76 Å². The van der Waals surface area contributed by atoms with Crippen molar-refractivity contribution in [1.29, 1.82) is 0 Å². The maximum Gasteiger partial charge on any atom is 0.133 e. The van der Waals surface area contributed by atoms with Gasteiger partial charge in [-0.05, 0) is 0 Å². The second-order valence-electron chi connectivity index (χ2n) is 1.45. The maximum atomic E-state index is 4.88. The van der Waals surface area contributed by atoms with Crippen LogP contribution in [0.1, 0.15) is 0 Å². The van der Waals surface area contributed by atoms with E-state index in [0.29, 0.717) is 6.54 Å². The molecule has 0 spiro atoms. The molecule has 0 bridgehead atoms. The molecule has 3 nitrogen and oxygen atoms in total. The smallest absolute Gasteiger partial charge is 0.133 e. The van der Waals surface area contributed by atoms with Gasteiger partial charge in [-0.1, -0.05) is 0 Å². The average molecular weight is 112 g/mol. The van der Waals surface area contributed by atoms with Crippen molar-refractivity contribution in [3.8, 4) is 0 Å². The Bertz CT molecular complexity index is 128.